The predicted molar refractivity (Wildman–Crippen MR) is 59.0 cm³/mol. The maximum Gasteiger partial charge on any atom is 0.132 e. The first-order chi connectivity index (χ1) is 7.16. The maximum absolute atomic E-state index is 11.1. The Hall–Kier alpha value is -1.31. The Morgan fingerprint density at radius 2 is 2.27 bits per heavy atom. The van der Waals surface area contributed by atoms with E-state index in [1.54, 1.807) is 6.92 Å². The van der Waals surface area contributed by atoms with Crippen molar-refractivity contribution in [2.75, 3.05) is 0 Å². The first-order valence-electron chi connectivity index (χ1n) is 5.42. The molecule has 0 fully saturated rings. The molecule has 2 heteroatoms. The van der Waals surface area contributed by atoms with Gasteiger partial charge in [0.25, 0.3) is 0 Å². The molecule has 80 valence electrons. The number of rotatable bonds is 3. The van der Waals surface area contributed by atoms with Crippen molar-refractivity contribution in [3.05, 3.63) is 29.8 Å². The van der Waals surface area contributed by atoms with Gasteiger partial charge in [0, 0.05) is 12.3 Å². The molecule has 15 heavy (non-hydrogen) atoms. The van der Waals surface area contributed by atoms with E-state index in [0.717, 1.165) is 18.6 Å². The zero-order valence-corrected chi connectivity index (χ0v) is 9.19. The van der Waals surface area contributed by atoms with E-state index in [2.05, 4.69) is 6.07 Å². The number of ether oxygens (including phenoxy) is 1. The Balaban J connectivity index is 1.99. The molecule has 1 aliphatic rings. The van der Waals surface area contributed by atoms with Gasteiger partial charge in [0.2, 0.25) is 0 Å². The summed E-state index contributed by atoms with van der Waals surface area (Å²) in [4.78, 5) is 11.1. The lowest BCUT2D eigenvalue weighted by Crippen LogP contribution is -2.20. The lowest BCUT2D eigenvalue weighted by Gasteiger charge is -2.14. The van der Waals surface area contributed by atoms with Gasteiger partial charge in [-0.05, 0) is 25.0 Å². The van der Waals surface area contributed by atoms with Crippen molar-refractivity contribution in [2.24, 2.45) is 5.92 Å². The molecule has 0 saturated heterocycles. The van der Waals surface area contributed by atoms with Gasteiger partial charge in [-0.15, -0.1) is 0 Å². The highest BCUT2D eigenvalue weighted by Gasteiger charge is 2.25. The Morgan fingerprint density at radius 1 is 1.53 bits per heavy atom. The summed E-state index contributed by atoms with van der Waals surface area (Å²) in [6, 6.07) is 8.09. The number of hydrogen-bond acceptors (Lipinski definition) is 2. The normalized spacial score (nSPS) is 20.5. The van der Waals surface area contributed by atoms with Gasteiger partial charge in [-0.1, -0.05) is 25.1 Å². The molecule has 2 unspecified atom stereocenters. The molecule has 1 aromatic carbocycles. The monoisotopic (exact) mass is 204 g/mol. The van der Waals surface area contributed by atoms with E-state index in [4.69, 9.17) is 4.74 Å². The highest BCUT2D eigenvalue weighted by Crippen LogP contribution is 2.30. The topological polar surface area (TPSA) is 26.3 Å². The average Bonchev–Trinajstić information content (AvgIpc) is 2.59. The first-order valence-corrected chi connectivity index (χ1v) is 5.42. The summed E-state index contributed by atoms with van der Waals surface area (Å²) in [7, 11) is 0. The van der Waals surface area contributed by atoms with Crippen molar-refractivity contribution in [2.45, 2.75) is 32.8 Å². The molecule has 0 aliphatic carbocycles. The zero-order chi connectivity index (χ0) is 10.8. The second kappa shape index (κ2) is 4.05. The third-order valence-electron chi connectivity index (χ3n) is 3.02. The predicted octanol–water partition coefficient (Wildman–Crippen LogP) is 2.61. The van der Waals surface area contributed by atoms with Crippen LogP contribution >= 0.6 is 0 Å². The van der Waals surface area contributed by atoms with Crippen molar-refractivity contribution in [3.8, 4) is 5.75 Å². The summed E-state index contributed by atoms with van der Waals surface area (Å²) in [5.41, 5.74) is 1.26. The molecule has 1 aliphatic heterocycles. The number of hydrogen-bond donors (Lipinski definition) is 0. The molecule has 0 radical (unpaired) electrons. The Kier molecular flexibility index (Phi) is 2.76. The van der Waals surface area contributed by atoms with Gasteiger partial charge >= 0.3 is 0 Å². The highest BCUT2D eigenvalue weighted by atomic mass is 16.5. The van der Waals surface area contributed by atoms with Gasteiger partial charge in [-0.2, -0.15) is 0 Å². The molecule has 0 spiro atoms. The number of benzene rings is 1. The third kappa shape index (κ3) is 2.20. The molecule has 0 saturated carbocycles. The Bertz CT molecular complexity index is 346. The van der Waals surface area contributed by atoms with Crippen LogP contribution in [0.5, 0.6) is 5.75 Å². The molecule has 0 aromatic heterocycles. The number of Topliss-reactive ketones (excluding diaryl/α,β-unsaturated/α-hetero) is 1. The lowest BCUT2D eigenvalue weighted by atomic mass is 9.97. The van der Waals surface area contributed by atoms with Crippen LogP contribution in [0.2, 0.25) is 0 Å². The van der Waals surface area contributed by atoms with Gasteiger partial charge in [0.05, 0.1) is 0 Å². The van der Waals surface area contributed by atoms with Gasteiger partial charge in [0.15, 0.2) is 0 Å². The molecule has 0 amide bonds. The van der Waals surface area contributed by atoms with Crippen molar-refractivity contribution in [3.63, 3.8) is 0 Å². The Labute approximate surface area is 90.3 Å². The zero-order valence-electron chi connectivity index (χ0n) is 9.19. The number of fused-ring (bicyclic) bond motifs is 1. The van der Waals surface area contributed by atoms with Gasteiger partial charge in [0.1, 0.15) is 17.6 Å². The van der Waals surface area contributed by atoms with Crippen molar-refractivity contribution < 1.29 is 9.53 Å². The molecular formula is C13H16O2. The van der Waals surface area contributed by atoms with Crippen LogP contribution in [0, 0.1) is 5.92 Å². The van der Waals surface area contributed by atoms with E-state index in [1.165, 1.54) is 5.56 Å². The second-order valence-electron chi connectivity index (χ2n) is 4.30. The highest BCUT2D eigenvalue weighted by molar-refractivity contribution is 5.77. The SMILES string of the molecule is CC(=O)C(C)CC1Cc2ccccc2O1. The second-order valence-corrected chi connectivity index (χ2v) is 4.30. The van der Waals surface area contributed by atoms with E-state index in [-0.39, 0.29) is 17.8 Å². The van der Waals surface area contributed by atoms with Crippen LogP contribution in [0.4, 0.5) is 0 Å². The van der Waals surface area contributed by atoms with Crippen molar-refractivity contribution in [1.82, 2.24) is 0 Å². The van der Waals surface area contributed by atoms with E-state index in [0.29, 0.717) is 0 Å². The molecule has 2 nitrogen and oxygen atoms in total. The molecule has 0 bridgehead atoms. The van der Waals surface area contributed by atoms with E-state index in [9.17, 15) is 4.79 Å². The van der Waals surface area contributed by atoms with Crippen LogP contribution in [-0.4, -0.2) is 11.9 Å². The molecule has 1 heterocycles. The van der Waals surface area contributed by atoms with Gasteiger partial charge < -0.3 is 4.74 Å². The van der Waals surface area contributed by atoms with Crippen LogP contribution < -0.4 is 4.74 Å². The molecule has 2 rings (SSSR count). The minimum absolute atomic E-state index is 0.101. The minimum Gasteiger partial charge on any atom is -0.490 e. The smallest absolute Gasteiger partial charge is 0.132 e. The van der Waals surface area contributed by atoms with Crippen LogP contribution in [-0.2, 0) is 11.2 Å². The standard InChI is InChI=1S/C13H16O2/c1-9(10(2)14)7-12-8-11-5-3-4-6-13(11)15-12/h3-6,9,12H,7-8H2,1-2H3. The first kappa shape index (κ1) is 10.2. The largest absolute Gasteiger partial charge is 0.490 e. The van der Waals surface area contributed by atoms with Crippen LogP contribution in [0.15, 0.2) is 24.3 Å². The summed E-state index contributed by atoms with van der Waals surface area (Å²) in [6.45, 7) is 3.61. The van der Waals surface area contributed by atoms with E-state index < -0.39 is 0 Å². The van der Waals surface area contributed by atoms with Crippen LogP contribution in [0.3, 0.4) is 0 Å². The fourth-order valence-corrected chi connectivity index (χ4v) is 1.95. The number of para-hydroxylation sites is 1. The fraction of sp³-hybridized carbons (Fsp3) is 0.462. The summed E-state index contributed by atoms with van der Waals surface area (Å²) < 4.78 is 5.78. The third-order valence-corrected chi connectivity index (χ3v) is 3.02. The van der Waals surface area contributed by atoms with Gasteiger partial charge in [-0.25, -0.2) is 0 Å². The molecular weight excluding hydrogens is 188 g/mol. The summed E-state index contributed by atoms with van der Waals surface area (Å²) >= 11 is 0. The lowest BCUT2D eigenvalue weighted by molar-refractivity contribution is -0.120. The van der Waals surface area contributed by atoms with Crippen LogP contribution in [0.25, 0.3) is 0 Å². The van der Waals surface area contributed by atoms with Crippen LogP contribution in [0.1, 0.15) is 25.8 Å². The number of carbonyl (C=O) groups is 1. The summed E-state index contributed by atoms with van der Waals surface area (Å²) in [5, 5.41) is 0. The Morgan fingerprint density at radius 3 is 2.93 bits per heavy atom. The van der Waals surface area contributed by atoms with Gasteiger partial charge in [-0.3, -0.25) is 4.79 Å². The molecule has 1 aromatic rings. The molecule has 0 N–H and O–H groups in total. The minimum atomic E-state index is 0.101. The summed E-state index contributed by atoms with van der Waals surface area (Å²) in [5.74, 6) is 1.33. The van der Waals surface area contributed by atoms with E-state index >= 15 is 0 Å². The van der Waals surface area contributed by atoms with E-state index in [1.807, 2.05) is 25.1 Å². The van der Waals surface area contributed by atoms with Crippen molar-refractivity contribution >= 4 is 5.78 Å². The van der Waals surface area contributed by atoms with Crippen molar-refractivity contribution in [1.29, 1.82) is 0 Å². The number of carbonyl (C=O) groups excluding carboxylic acids is 1. The summed E-state index contributed by atoms with van der Waals surface area (Å²) in [6.07, 6.45) is 1.94. The quantitative estimate of drug-likeness (QED) is 0.756. The average molecular weight is 204 g/mol. The number of ketones is 1. The fourth-order valence-electron chi connectivity index (χ4n) is 1.95. The maximum atomic E-state index is 11.1. The molecule has 2 atom stereocenters.